The first-order valence-electron chi connectivity index (χ1n) is 6.32. The van der Waals surface area contributed by atoms with Crippen LogP contribution in [0.15, 0.2) is 12.4 Å². The molecule has 7 nitrogen and oxygen atoms in total. The molecule has 0 spiro atoms. The van der Waals surface area contributed by atoms with Crippen LogP contribution in [0.2, 0.25) is 0 Å². The highest BCUT2D eigenvalue weighted by atomic mass is 16.5. The maximum absolute atomic E-state index is 11.9. The Kier molecular flexibility index (Phi) is 6.31. The molecule has 0 aliphatic heterocycles. The van der Waals surface area contributed by atoms with Gasteiger partial charge in [0, 0.05) is 26.4 Å². The van der Waals surface area contributed by atoms with Crippen molar-refractivity contribution in [3.05, 3.63) is 12.4 Å². The van der Waals surface area contributed by atoms with Crippen LogP contribution in [0, 0.1) is 0 Å². The fourth-order valence-corrected chi connectivity index (χ4v) is 1.61. The summed E-state index contributed by atoms with van der Waals surface area (Å²) >= 11 is 0. The predicted molar refractivity (Wildman–Crippen MR) is 72.0 cm³/mol. The summed E-state index contributed by atoms with van der Waals surface area (Å²) in [6.45, 7) is 5.56. The lowest BCUT2D eigenvalue weighted by atomic mass is 10.3. The second kappa shape index (κ2) is 7.75. The molecule has 0 saturated carbocycles. The minimum absolute atomic E-state index is 0.241. The number of urea groups is 1. The van der Waals surface area contributed by atoms with Crippen molar-refractivity contribution in [3.63, 3.8) is 0 Å². The van der Waals surface area contributed by atoms with Crippen molar-refractivity contribution in [2.45, 2.75) is 26.5 Å². The molecule has 7 heteroatoms. The van der Waals surface area contributed by atoms with E-state index in [2.05, 4.69) is 10.4 Å². The molecule has 0 bridgehead atoms. The largest absolute Gasteiger partial charge is 0.392 e. The van der Waals surface area contributed by atoms with Gasteiger partial charge < -0.3 is 20.1 Å². The van der Waals surface area contributed by atoms with Gasteiger partial charge in [0.25, 0.3) is 0 Å². The van der Waals surface area contributed by atoms with Crippen LogP contribution in [-0.4, -0.2) is 58.7 Å². The number of aliphatic hydroxyl groups is 1. The Labute approximate surface area is 113 Å². The van der Waals surface area contributed by atoms with Crippen LogP contribution >= 0.6 is 0 Å². The number of likely N-dealkylation sites (N-methyl/N-ethyl adjacent to an activating group) is 1. The van der Waals surface area contributed by atoms with Gasteiger partial charge in [-0.2, -0.15) is 5.10 Å². The van der Waals surface area contributed by atoms with Gasteiger partial charge in [0.1, 0.15) is 0 Å². The summed E-state index contributed by atoms with van der Waals surface area (Å²) in [5.41, 5.74) is 0.630. The van der Waals surface area contributed by atoms with Crippen molar-refractivity contribution in [3.8, 4) is 0 Å². The number of carbonyl (C=O) groups is 1. The van der Waals surface area contributed by atoms with Crippen molar-refractivity contribution in [1.29, 1.82) is 0 Å². The number of rotatable bonds is 7. The summed E-state index contributed by atoms with van der Waals surface area (Å²) in [5.74, 6) is 0. The molecule has 0 aliphatic rings. The average Bonchev–Trinajstić information content (AvgIpc) is 2.80. The van der Waals surface area contributed by atoms with Gasteiger partial charge in [-0.05, 0) is 13.8 Å². The number of methoxy groups -OCH3 is 1. The number of amides is 2. The molecule has 1 heterocycles. The molecule has 0 saturated heterocycles. The van der Waals surface area contributed by atoms with E-state index in [1.54, 1.807) is 31.1 Å². The lowest BCUT2D eigenvalue weighted by molar-refractivity contribution is 0.141. The third-order valence-corrected chi connectivity index (χ3v) is 2.56. The third-order valence-electron chi connectivity index (χ3n) is 2.56. The van der Waals surface area contributed by atoms with Crippen LogP contribution in [-0.2, 0) is 11.3 Å². The number of ether oxygens (including phenoxy) is 1. The van der Waals surface area contributed by atoms with E-state index in [9.17, 15) is 9.90 Å². The number of hydrogen-bond acceptors (Lipinski definition) is 4. The van der Waals surface area contributed by atoms with Crippen LogP contribution in [0.4, 0.5) is 10.5 Å². The Morgan fingerprint density at radius 1 is 1.68 bits per heavy atom. The van der Waals surface area contributed by atoms with E-state index in [-0.39, 0.29) is 6.03 Å². The number of carbonyl (C=O) groups excluding carboxylic acids is 1. The minimum Gasteiger partial charge on any atom is -0.392 e. The van der Waals surface area contributed by atoms with Gasteiger partial charge in [0.15, 0.2) is 0 Å². The standard InChI is InChI=1S/C12H22N4O3/c1-4-15(8-10(2)17)12(18)14-11-7-13-16(9-11)5-6-19-3/h7,9-10,17H,4-6,8H2,1-3H3,(H,14,18). The van der Waals surface area contributed by atoms with E-state index in [0.29, 0.717) is 31.9 Å². The number of nitrogens with one attached hydrogen (secondary N) is 1. The van der Waals surface area contributed by atoms with Crippen LogP contribution in [0.3, 0.4) is 0 Å². The number of nitrogens with zero attached hydrogens (tertiary/aromatic N) is 3. The quantitative estimate of drug-likeness (QED) is 0.766. The molecule has 0 aliphatic carbocycles. The van der Waals surface area contributed by atoms with E-state index in [1.165, 1.54) is 4.90 Å². The number of anilines is 1. The summed E-state index contributed by atoms with van der Waals surface area (Å²) in [4.78, 5) is 13.5. The average molecular weight is 270 g/mol. The zero-order chi connectivity index (χ0) is 14.3. The Morgan fingerprint density at radius 3 is 3.00 bits per heavy atom. The molecule has 1 aromatic heterocycles. The first-order chi connectivity index (χ1) is 9.06. The van der Waals surface area contributed by atoms with E-state index >= 15 is 0 Å². The van der Waals surface area contributed by atoms with E-state index in [0.717, 1.165) is 0 Å². The van der Waals surface area contributed by atoms with Gasteiger partial charge in [0.2, 0.25) is 0 Å². The van der Waals surface area contributed by atoms with Crippen LogP contribution in [0.1, 0.15) is 13.8 Å². The summed E-state index contributed by atoms with van der Waals surface area (Å²) in [7, 11) is 1.63. The van der Waals surface area contributed by atoms with E-state index in [1.807, 2.05) is 6.92 Å². The molecule has 0 radical (unpaired) electrons. The molecule has 108 valence electrons. The first kappa shape index (κ1) is 15.5. The fourth-order valence-electron chi connectivity index (χ4n) is 1.61. The molecule has 1 aromatic rings. The zero-order valence-corrected chi connectivity index (χ0v) is 11.7. The van der Waals surface area contributed by atoms with Gasteiger partial charge in [0.05, 0.1) is 31.1 Å². The highest BCUT2D eigenvalue weighted by Gasteiger charge is 2.14. The topological polar surface area (TPSA) is 79.6 Å². The molecule has 1 atom stereocenters. The Bertz CT molecular complexity index is 392. The zero-order valence-electron chi connectivity index (χ0n) is 11.7. The normalized spacial score (nSPS) is 12.2. The second-order valence-electron chi connectivity index (χ2n) is 4.30. The monoisotopic (exact) mass is 270 g/mol. The number of aromatic nitrogens is 2. The third kappa shape index (κ3) is 5.27. The molecule has 0 fully saturated rings. The van der Waals surface area contributed by atoms with Crippen molar-refractivity contribution >= 4 is 11.7 Å². The second-order valence-corrected chi connectivity index (χ2v) is 4.30. The molecule has 2 amide bonds. The summed E-state index contributed by atoms with van der Waals surface area (Å²) in [6, 6.07) is -0.241. The van der Waals surface area contributed by atoms with Gasteiger partial charge in [-0.15, -0.1) is 0 Å². The van der Waals surface area contributed by atoms with Gasteiger partial charge in [-0.25, -0.2) is 4.79 Å². The summed E-state index contributed by atoms with van der Waals surface area (Å²) in [5, 5.41) is 16.2. The SMILES string of the molecule is CCN(CC(C)O)C(=O)Nc1cnn(CCOC)c1. The number of hydrogen-bond donors (Lipinski definition) is 2. The lowest BCUT2D eigenvalue weighted by Gasteiger charge is -2.22. The van der Waals surface area contributed by atoms with Gasteiger partial charge in [-0.1, -0.05) is 0 Å². The summed E-state index contributed by atoms with van der Waals surface area (Å²) < 4.78 is 6.65. The highest BCUT2D eigenvalue weighted by molar-refractivity contribution is 5.88. The van der Waals surface area contributed by atoms with Gasteiger partial charge >= 0.3 is 6.03 Å². The first-order valence-corrected chi connectivity index (χ1v) is 6.32. The maximum atomic E-state index is 11.9. The maximum Gasteiger partial charge on any atom is 0.322 e. The smallest absolute Gasteiger partial charge is 0.322 e. The molecular weight excluding hydrogens is 248 g/mol. The van der Waals surface area contributed by atoms with Crippen LogP contribution in [0.25, 0.3) is 0 Å². The minimum atomic E-state index is -0.546. The van der Waals surface area contributed by atoms with Crippen molar-refractivity contribution < 1.29 is 14.6 Å². The molecule has 19 heavy (non-hydrogen) atoms. The van der Waals surface area contributed by atoms with Crippen LogP contribution in [0.5, 0.6) is 0 Å². The Balaban J connectivity index is 2.52. The van der Waals surface area contributed by atoms with Crippen molar-refractivity contribution in [1.82, 2.24) is 14.7 Å². The fraction of sp³-hybridized carbons (Fsp3) is 0.667. The highest BCUT2D eigenvalue weighted by Crippen LogP contribution is 2.06. The van der Waals surface area contributed by atoms with Crippen molar-refractivity contribution in [2.24, 2.45) is 0 Å². The van der Waals surface area contributed by atoms with Crippen LogP contribution < -0.4 is 5.32 Å². The molecule has 0 aromatic carbocycles. The molecule has 2 N–H and O–H groups in total. The lowest BCUT2D eigenvalue weighted by Crippen LogP contribution is -2.39. The molecule has 1 unspecified atom stereocenters. The van der Waals surface area contributed by atoms with E-state index < -0.39 is 6.10 Å². The van der Waals surface area contributed by atoms with Gasteiger partial charge in [-0.3, -0.25) is 4.68 Å². The summed E-state index contributed by atoms with van der Waals surface area (Å²) in [6.07, 6.45) is 2.78. The molecular formula is C12H22N4O3. The molecule has 1 rings (SSSR count). The van der Waals surface area contributed by atoms with Crippen molar-refractivity contribution in [2.75, 3.05) is 32.1 Å². The van der Waals surface area contributed by atoms with E-state index in [4.69, 9.17) is 4.74 Å². The Morgan fingerprint density at radius 2 is 2.42 bits per heavy atom. The number of aliphatic hydroxyl groups excluding tert-OH is 1. The Hall–Kier alpha value is -1.60. The predicted octanol–water partition coefficient (Wildman–Crippen LogP) is 0.764.